The van der Waals surface area contributed by atoms with Gasteiger partial charge in [-0.1, -0.05) is 188 Å². The first-order chi connectivity index (χ1) is 35.3. The summed E-state index contributed by atoms with van der Waals surface area (Å²) in [4.78, 5) is 7.49. The van der Waals surface area contributed by atoms with Gasteiger partial charge in [-0.25, -0.2) is 0 Å². The summed E-state index contributed by atoms with van der Waals surface area (Å²) in [5, 5.41) is 2.47. The molecule has 0 unspecified atom stereocenters. The van der Waals surface area contributed by atoms with Crippen LogP contribution in [-0.2, 0) is 0 Å². The summed E-state index contributed by atoms with van der Waals surface area (Å²) in [6, 6.07) is 99.9. The van der Waals surface area contributed by atoms with E-state index >= 15 is 0 Å². The fourth-order valence-corrected chi connectivity index (χ4v) is 11.5. The molecule has 0 atom stereocenters. The molecule has 2 aliphatic heterocycles. The molecule has 11 aromatic carbocycles. The van der Waals surface area contributed by atoms with Crippen LogP contribution in [0, 0.1) is 0 Å². The quantitative estimate of drug-likeness (QED) is 0.141. The van der Waals surface area contributed by atoms with Crippen molar-refractivity contribution >= 4 is 96.1 Å². The van der Waals surface area contributed by atoms with Crippen molar-refractivity contribution in [2.45, 2.75) is 0 Å². The maximum Gasteiger partial charge on any atom is 0.252 e. The van der Waals surface area contributed by atoms with Crippen molar-refractivity contribution in [2.24, 2.45) is 0 Å². The summed E-state index contributed by atoms with van der Waals surface area (Å²) >= 11 is 0. The summed E-state index contributed by atoms with van der Waals surface area (Å²) in [7, 11) is 0. The molecule has 5 heteroatoms. The van der Waals surface area contributed by atoms with Crippen molar-refractivity contribution in [2.75, 3.05) is 14.7 Å². The van der Waals surface area contributed by atoms with Gasteiger partial charge in [-0.15, -0.1) is 0 Å². The highest BCUT2D eigenvalue weighted by atomic mass is 15.2. The Balaban J connectivity index is 1.07. The molecule has 71 heavy (non-hydrogen) atoms. The average molecular weight is 905 g/mol. The third kappa shape index (κ3) is 6.62. The first kappa shape index (κ1) is 40.7. The zero-order valence-corrected chi connectivity index (χ0v) is 38.8. The van der Waals surface area contributed by atoms with Crippen LogP contribution in [0.1, 0.15) is 0 Å². The van der Waals surface area contributed by atoms with Crippen LogP contribution in [-0.4, -0.2) is 11.3 Å². The van der Waals surface area contributed by atoms with Crippen LogP contribution < -0.4 is 31.1 Å². The zero-order chi connectivity index (χ0) is 46.8. The molecule has 0 N–H and O–H groups in total. The first-order valence-corrected chi connectivity index (χ1v) is 24.5. The standard InChI is InChI=1S/C66H45BN4/c1-4-20-46(21-5-1)48-36-40-51(41-37-48)68(52-42-38-49(39-43-52)47-22-6-2-7-23-47)53-44-64-66-65(45-53)71(63-35-19-18-34-62(63)70-58-30-14-10-26-54(58)55-27-11-15-31-59(55)70)61-33-17-13-29-57(61)67(66)56-28-12-16-32-60(56)69(64)50-24-8-3-9-25-50/h1-45H. The third-order valence-electron chi connectivity index (χ3n) is 14.6. The van der Waals surface area contributed by atoms with Crippen molar-refractivity contribution < 1.29 is 0 Å². The summed E-state index contributed by atoms with van der Waals surface area (Å²) in [5.41, 5.74) is 22.0. The Morgan fingerprint density at radius 3 is 1.21 bits per heavy atom. The van der Waals surface area contributed by atoms with Crippen LogP contribution in [0.5, 0.6) is 0 Å². The number of rotatable bonds is 8. The topological polar surface area (TPSA) is 14.7 Å². The predicted molar refractivity (Wildman–Crippen MR) is 300 cm³/mol. The van der Waals surface area contributed by atoms with Gasteiger partial charge in [-0.3, -0.25) is 0 Å². The molecule has 0 amide bonds. The Morgan fingerprint density at radius 1 is 0.282 bits per heavy atom. The van der Waals surface area contributed by atoms with Gasteiger partial charge in [-0.2, -0.15) is 0 Å². The molecule has 0 bridgehead atoms. The maximum atomic E-state index is 2.55. The third-order valence-corrected chi connectivity index (χ3v) is 14.6. The number of para-hydroxylation sites is 7. The van der Waals surface area contributed by atoms with E-state index in [0.717, 1.165) is 51.2 Å². The average Bonchev–Trinajstić information content (AvgIpc) is 3.78. The molecule has 14 rings (SSSR count). The van der Waals surface area contributed by atoms with Crippen LogP contribution >= 0.6 is 0 Å². The lowest BCUT2D eigenvalue weighted by Crippen LogP contribution is -2.61. The number of hydrogen-bond acceptors (Lipinski definition) is 3. The highest BCUT2D eigenvalue weighted by Crippen LogP contribution is 2.50. The Morgan fingerprint density at radius 2 is 0.676 bits per heavy atom. The molecule has 0 aliphatic carbocycles. The molecule has 1 aromatic heterocycles. The highest BCUT2D eigenvalue weighted by Gasteiger charge is 2.44. The molecule has 0 saturated heterocycles. The van der Waals surface area contributed by atoms with E-state index in [2.05, 4.69) is 292 Å². The van der Waals surface area contributed by atoms with E-state index in [1.54, 1.807) is 0 Å². The van der Waals surface area contributed by atoms with Crippen LogP contribution in [0.2, 0.25) is 0 Å². The molecule has 3 heterocycles. The Labute approximate surface area is 414 Å². The van der Waals surface area contributed by atoms with Crippen molar-refractivity contribution in [1.29, 1.82) is 0 Å². The molecule has 4 nitrogen and oxygen atoms in total. The fourth-order valence-electron chi connectivity index (χ4n) is 11.5. The van der Waals surface area contributed by atoms with Gasteiger partial charge in [0, 0.05) is 50.6 Å². The monoisotopic (exact) mass is 904 g/mol. The van der Waals surface area contributed by atoms with Crippen LogP contribution in [0.4, 0.5) is 51.2 Å². The smallest absolute Gasteiger partial charge is 0.252 e. The first-order valence-electron chi connectivity index (χ1n) is 24.5. The van der Waals surface area contributed by atoms with E-state index in [-0.39, 0.29) is 6.71 Å². The molecular weight excluding hydrogens is 860 g/mol. The second-order valence-corrected chi connectivity index (χ2v) is 18.5. The lowest BCUT2D eigenvalue weighted by molar-refractivity contribution is 1.15. The van der Waals surface area contributed by atoms with Gasteiger partial charge in [0.1, 0.15) is 0 Å². The molecule has 0 spiro atoms. The molecule has 12 aromatic rings. The summed E-state index contributed by atoms with van der Waals surface area (Å²) in [6.45, 7) is -0.0261. The summed E-state index contributed by atoms with van der Waals surface area (Å²) in [5.74, 6) is 0. The summed E-state index contributed by atoms with van der Waals surface area (Å²) < 4.78 is 2.46. The second-order valence-electron chi connectivity index (χ2n) is 18.5. The van der Waals surface area contributed by atoms with E-state index in [9.17, 15) is 0 Å². The number of hydrogen-bond donors (Lipinski definition) is 0. The van der Waals surface area contributed by atoms with Crippen LogP contribution in [0.25, 0.3) is 49.7 Å². The van der Waals surface area contributed by atoms with Crippen molar-refractivity contribution in [3.63, 3.8) is 0 Å². The Bertz CT molecular complexity index is 3810. The lowest BCUT2D eigenvalue weighted by atomic mass is 9.33. The normalized spacial score (nSPS) is 12.4. The SMILES string of the molecule is c1ccc(-c2ccc(N(c3ccc(-c4ccccc4)cc3)c3cc4c5c(c3)N(c3ccccc3-n3c6ccccc6c6ccccc63)c3ccccc3B5c3ccccc3N4c3ccccc3)cc2)cc1. The number of benzene rings is 11. The second kappa shape index (κ2) is 16.7. The van der Waals surface area contributed by atoms with Gasteiger partial charge in [-0.05, 0) is 124 Å². The van der Waals surface area contributed by atoms with E-state index in [0.29, 0.717) is 0 Å². The van der Waals surface area contributed by atoms with Gasteiger partial charge in [0.2, 0.25) is 0 Å². The fraction of sp³-hybridized carbons (Fsp3) is 0. The zero-order valence-electron chi connectivity index (χ0n) is 38.8. The van der Waals surface area contributed by atoms with Gasteiger partial charge in [0.05, 0.1) is 28.1 Å². The molecule has 0 radical (unpaired) electrons. The van der Waals surface area contributed by atoms with Gasteiger partial charge < -0.3 is 19.3 Å². The predicted octanol–water partition coefficient (Wildman–Crippen LogP) is 15.7. The van der Waals surface area contributed by atoms with Crippen LogP contribution in [0.15, 0.2) is 273 Å². The van der Waals surface area contributed by atoms with E-state index in [4.69, 9.17) is 0 Å². The molecule has 332 valence electrons. The summed E-state index contributed by atoms with van der Waals surface area (Å²) in [6.07, 6.45) is 0. The van der Waals surface area contributed by atoms with Gasteiger partial charge in [0.15, 0.2) is 0 Å². The van der Waals surface area contributed by atoms with Crippen LogP contribution in [0.3, 0.4) is 0 Å². The molecule has 0 saturated carbocycles. The molecule has 2 aliphatic rings. The molecular formula is C66H45BN4. The molecule has 0 fully saturated rings. The minimum absolute atomic E-state index is 0.0261. The number of fused-ring (bicyclic) bond motifs is 7. The van der Waals surface area contributed by atoms with Crippen molar-refractivity contribution in [3.05, 3.63) is 273 Å². The number of anilines is 9. The van der Waals surface area contributed by atoms with Crippen molar-refractivity contribution in [1.82, 2.24) is 4.57 Å². The largest absolute Gasteiger partial charge is 0.311 e. The van der Waals surface area contributed by atoms with Gasteiger partial charge in [0.25, 0.3) is 6.71 Å². The lowest BCUT2D eigenvalue weighted by Gasteiger charge is -2.45. The van der Waals surface area contributed by atoms with E-state index in [1.165, 1.54) is 66.1 Å². The minimum atomic E-state index is -0.0261. The highest BCUT2D eigenvalue weighted by molar-refractivity contribution is 7.00. The maximum absolute atomic E-state index is 2.55. The number of nitrogens with zero attached hydrogens (tertiary/aromatic N) is 4. The Hall–Kier alpha value is -9.32. The van der Waals surface area contributed by atoms with Gasteiger partial charge >= 0.3 is 0 Å². The number of aromatic nitrogens is 1. The Kier molecular flexibility index (Phi) is 9.59. The minimum Gasteiger partial charge on any atom is -0.311 e. The van der Waals surface area contributed by atoms with E-state index in [1.807, 2.05) is 0 Å². The van der Waals surface area contributed by atoms with Crippen molar-refractivity contribution in [3.8, 4) is 27.9 Å². The van der Waals surface area contributed by atoms with E-state index < -0.39 is 0 Å².